The molecule has 9 heteroatoms. The van der Waals surface area contributed by atoms with E-state index in [1.807, 2.05) is 42.5 Å². The highest BCUT2D eigenvalue weighted by atomic mass is 19.1. The van der Waals surface area contributed by atoms with Crippen molar-refractivity contribution in [2.75, 3.05) is 10.6 Å². The number of nitrogens with zero attached hydrogens (tertiary/aromatic N) is 4. The highest BCUT2D eigenvalue weighted by Gasteiger charge is 2.12. The van der Waals surface area contributed by atoms with E-state index in [2.05, 4.69) is 32.3 Å². The third kappa shape index (κ3) is 4.30. The van der Waals surface area contributed by atoms with Gasteiger partial charge in [0.25, 0.3) is 0 Å². The zero-order valence-electron chi connectivity index (χ0n) is 19.4. The third-order valence-electron chi connectivity index (χ3n) is 5.84. The minimum absolute atomic E-state index is 0.318. The van der Waals surface area contributed by atoms with Crippen molar-refractivity contribution in [1.29, 1.82) is 0 Å². The number of furan rings is 1. The lowest BCUT2D eigenvalue weighted by Crippen LogP contribution is -2.05. The minimum Gasteiger partial charge on any atom is -0.440 e. The van der Waals surface area contributed by atoms with Crippen LogP contribution in [-0.4, -0.2) is 25.7 Å². The Morgan fingerprint density at radius 1 is 1.03 bits per heavy atom. The summed E-state index contributed by atoms with van der Waals surface area (Å²) in [5, 5.41) is 12.1. The Labute approximate surface area is 210 Å². The first-order valence-corrected chi connectivity index (χ1v) is 11.4. The molecule has 37 heavy (non-hydrogen) atoms. The lowest BCUT2D eigenvalue weighted by molar-refractivity contribution is -0.112. The fourth-order valence-corrected chi connectivity index (χ4v) is 4.10. The summed E-state index contributed by atoms with van der Waals surface area (Å²) in [6.07, 6.45) is 4.42. The molecule has 6 aromatic rings. The van der Waals surface area contributed by atoms with E-state index >= 15 is 0 Å². The van der Waals surface area contributed by atoms with Gasteiger partial charge in [0, 0.05) is 28.1 Å². The zero-order valence-corrected chi connectivity index (χ0v) is 19.4. The van der Waals surface area contributed by atoms with Gasteiger partial charge < -0.3 is 9.73 Å². The van der Waals surface area contributed by atoms with E-state index in [-0.39, 0.29) is 11.7 Å². The summed E-state index contributed by atoms with van der Waals surface area (Å²) < 4.78 is 21.2. The molecule has 0 unspecified atom stereocenters. The van der Waals surface area contributed by atoms with Crippen LogP contribution in [0.3, 0.4) is 0 Å². The van der Waals surface area contributed by atoms with E-state index in [4.69, 9.17) is 4.42 Å². The topological polar surface area (TPSA) is 97.9 Å². The highest BCUT2D eigenvalue weighted by molar-refractivity contribution is 5.98. The Kier molecular flexibility index (Phi) is 5.42. The number of rotatable bonds is 6. The van der Waals surface area contributed by atoms with E-state index < -0.39 is 0 Å². The quantitative estimate of drug-likeness (QED) is 0.268. The summed E-state index contributed by atoms with van der Waals surface area (Å²) in [6, 6.07) is 21.3. The molecule has 0 saturated carbocycles. The van der Waals surface area contributed by atoms with Crippen LogP contribution < -0.4 is 10.6 Å². The van der Waals surface area contributed by atoms with Crippen molar-refractivity contribution in [2.45, 2.75) is 0 Å². The van der Waals surface area contributed by atoms with Crippen molar-refractivity contribution < 1.29 is 13.6 Å². The molecule has 0 aliphatic carbocycles. The monoisotopic (exact) mass is 490 g/mol. The maximum absolute atomic E-state index is 13.7. The predicted octanol–water partition coefficient (Wildman–Crippen LogP) is 6.24. The van der Waals surface area contributed by atoms with Gasteiger partial charge in [0.1, 0.15) is 23.7 Å². The lowest BCUT2D eigenvalue weighted by atomic mass is 10.1. The number of anilines is 3. The Bertz CT molecular complexity index is 1810. The average Bonchev–Trinajstić information content (AvgIpc) is 3.55. The SMILES string of the molecule is C=CC(=O)Nc1ccc(-c2ccc3ncnc(Nc4ccc5c(cnn5-c5cccc(F)c5)c4)c3c2)o1. The van der Waals surface area contributed by atoms with Crippen LogP contribution in [0.15, 0.2) is 102 Å². The van der Waals surface area contributed by atoms with E-state index in [0.717, 1.165) is 33.1 Å². The maximum atomic E-state index is 13.7. The van der Waals surface area contributed by atoms with Gasteiger partial charge in [-0.3, -0.25) is 10.1 Å². The number of carbonyl (C=O) groups is 1. The third-order valence-corrected chi connectivity index (χ3v) is 5.84. The van der Waals surface area contributed by atoms with Gasteiger partial charge >= 0.3 is 0 Å². The first-order valence-electron chi connectivity index (χ1n) is 11.4. The van der Waals surface area contributed by atoms with Gasteiger partial charge in [-0.1, -0.05) is 12.6 Å². The first-order chi connectivity index (χ1) is 18.1. The summed E-state index contributed by atoms with van der Waals surface area (Å²) in [6.45, 7) is 3.44. The van der Waals surface area contributed by atoms with Crippen LogP contribution in [-0.2, 0) is 4.79 Å². The molecule has 0 spiro atoms. The largest absolute Gasteiger partial charge is 0.440 e. The molecule has 0 fully saturated rings. The summed E-state index contributed by atoms with van der Waals surface area (Å²) in [5.74, 6) is 0.868. The number of hydrogen-bond donors (Lipinski definition) is 2. The molecular formula is C28H19FN6O2. The number of benzene rings is 3. The summed E-state index contributed by atoms with van der Waals surface area (Å²) in [5.41, 5.74) is 3.87. The van der Waals surface area contributed by atoms with Crippen LogP contribution in [0.4, 0.5) is 21.8 Å². The molecule has 3 aromatic carbocycles. The fraction of sp³-hybridized carbons (Fsp3) is 0. The number of halogens is 1. The van der Waals surface area contributed by atoms with Crippen LogP contribution in [0.1, 0.15) is 0 Å². The van der Waals surface area contributed by atoms with Crippen LogP contribution in [0, 0.1) is 5.82 Å². The normalized spacial score (nSPS) is 11.1. The fourth-order valence-electron chi connectivity index (χ4n) is 4.10. The first kappa shape index (κ1) is 22.2. The molecule has 0 atom stereocenters. The van der Waals surface area contributed by atoms with Gasteiger partial charge in [0.05, 0.1) is 22.9 Å². The molecule has 0 aliphatic heterocycles. The predicted molar refractivity (Wildman–Crippen MR) is 140 cm³/mol. The zero-order chi connectivity index (χ0) is 25.4. The molecule has 3 heterocycles. The number of amides is 1. The smallest absolute Gasteiger partial charge is 0.250 e. The standard InChI is InChI=1S/C28H19FN6O2/c1-2-26(36)34-27-11-10-25(37-27)17-6-8-23-22(13-17)28(31-16-30-23)33-20-7-9-24-18(12-20)15-32-35(24)21-5-3-4-19(29)14-21/h2-16H,1H2,(H,34,36)(H,30,31,33). The molecule has 1 amide bonds. The van der Waals surface area contributed by atoms with Crippen molar-refractivity contribution in [3.05, 3.63) is 104 Å². The van der Waals surface area contributed by atoms with Gasteiger partial charge in [-0.05, 0) is 66.7 Å². The number of carbonyl (C=O) groups excluding carboxylic acids is 1. The van der Waals surface area contributed by atoms with Crippen molar-refractivity contribution in [3.8, 4) is 17.0 Å². The number of aromatic nitrogens is 4. The van der Waals surface area contributed by atoms with Crippen LogP contribution in [0.5, 0.6) is 0 Å². The van der Waals surface area contributed by atoms with Gasteiger partial charge in [-0.25, -0.2) is 19.0 Å². The van der Waals surface area contributed by atoms with Crippen molar-refractivity contribution >= 4 is 45.1 Å². The van der Waals surface area contributed by atoms with Crippen molar-refractivity contribution in [2.24, 2.45) is 0 Å². The Hall–Kier alpha value is -5.31. The van der Waals surface area contributed by atoms with Gasteiger partial charge in [0.2, 0.25) is 5.91 Å². The maximum Gasteiger partial charge on any atom is 0.250 e. The molecule has 8 nitrogen and oxygen atoms in total. The van der Waals surface area contributed by atoms with E-state index in [0.29, 0.717) is 23.1 Å². The molecule has 0 radical (unpaired) electrons. The van der Waals surface area contributed by atoms with Crippen molar-refractivity contribution in [1.82, 2.24) is 19.7 Å². The highest BCUT2D eigenvalue weighted by Crippen LogP contribution is 2.31. The Morgan fingerprint density at radius 2 is 1.95 bits per heavy atom. The molecule has 180 valence electrons. The number of hydrogen-bond acceptors (Lipinski definition) is 6. The second kappa shape index (κ2) is 9.04. The molecule has 2 N–H and O–H groups in total. The van der Waals surface area contributed by atoms with E-state index in [1.165, 1.54) is 24.5 Å². The molecule has 6 rings (SSSR count). The Balaban J connectivity index is 1.32. The molecule has 0 saturated heterocycles. The van der Waals surface area contributed by atoms with Crippen molar-refractivity contribution in [3.63, 3.8) is 0 Å². The number of nitrogens with one attached hydrogen (secondary N) is 2. The lowest BCUT2D eigenvalue weighted by Gasteiger charge is -2.10. The second-order valence-corrected chi connectivity index (χ2v) is 8.25. The Morgan fingerprint density at radius 3 is 2.81 bits per heavy atom. The van der Waals surface area contributed by atoms with Gasteiger partial charge in [0.15, 0.2) is 5.88 Å². The molecule has 0 bridgehead atoms. The molecular weight excluding hydrogens is 471 g/mol. The van der Waals surface area contributed by atoms with Gasteiger partial charge in [-0.2, -0.15) is 5.10 Å². The molecule has 0 aliphatic rings. The van der Waals surface area contributed by atoms with E-state index in [9.17, 15) is 9.18 Å². The summed E-state index contributed by atoms with van der Waals surface area (Å²) >= 11 is 0. The summed E-state index contributed by atoms with van der Waals surface area (Å²) in [4.78, 5) is 20.4. The van der Waals surface area contributed by atoms with Crippen LogP contribution in [0.25, 0.3) is 38.8 Å². The van der Waals surface area contributed by atoms with Crippen LogP contribution >= 0.6 is 0 Å². The van der Waals surface area contributed by atoms with Gasteiger partial charge in [-0.15, -0.1) is 0 Å². The molecule has 3 aromatic heterocycles. The second-order valence-electron chi connectivity index (χ2n) is 8.25. The summed E-state index contributed by atoms with van der Waals surface area (Å²) in [7, 11) is 0. The van der Waals surface area contributed by atoms with E-state index in [1.54, 1.807) is 29.1 Å². The average molecular weight is 490 g/mol. The van der Waals surface area contributed by atoms with Crippen LogP contribution in [0.2, 0.25) is 0 Å². The number of fused-ring (bicyclic) bond motifs is 2. The minimum atomic E-state index is -0.349.